The SMILES string of the molecule is N#Cc1cccc(CNc2ncc(N)cc2C(=O)O)c1. The number of benzene rings is 1. The van der Waals surface area contributed by atoms with Crippen molar-refractivity contribution in [1.29, 1.82) is 5.26 Å². The summed E-state index contributed by atoms with van der Waals surface area (Å²) in [6.07, 6.45) is 1.39. The van der Waals surface area contributed by atoms with Gasteiger partial charge in [0.25, 0.3) is 0 Å². The first-order valence-corrected chi connectivity index (χ1v) is 5.82. The van der Waals surface area contributed by atoms with Crippen molar-refractivity contribution in [2.75, 3.05) is 11.1 Å². The van der Waals surface area contributed by atoms with Crippen LogP contribution in [0.3, 0.4) is 0 Å². The normalized spacial score (nSPS) is 9.75. The number of carboxylic acids is 1. The number of nitriles is 1. The molecule has 6 nitrogen and oxygen atoms in total. The summed E-state index contributed by atoms with van der Waals surface area (Å²) in [4.78, 5) is 15.1. The van der Waals surface area contributed by atoms with E-state index < -0.39 is 5.97 Å². The Bertz CT molecular complexity index is 692. The predicted octanol–water partition coefficient (Wildman–Crippen LogP) is 1.85. The van der Waals surface area contributed by atoms with E-state index in [4.69, 9.17) is 16.1 Å². The quantitative estimate of drug-likeness (QED) is 0.780. The second-order valence-electron chi connectivity index (χ2n) is 4.14. The number of nitrogens with two attached hydrogens (primary N) is 1. The zero-order valence-electron chi connectivity index (χ0n) is 10.5. The molecule has 0 amide bonds. The molecule has 0 radical (unpaired) electrons. The minimum atomic E-state index is -1.10. The number of anilines is 2. The molecule has 0 saturated heterocycles. The van der Waals surface area contributed by atoms with Crippen LogP contribution in [-0.2, 0) is 6.54 Å². The molecule has 0 spiro atoms. The summed E-state index contributed by atoms with van der Waals surface area (Å²) in [5.74, 6) is -0.855. The molecule has 0 fully saturated rings. The van der Waals surface area contributed by atoms with E-state index in [9.17, 15) is 4.79 Å². The van der Waals surface area contributed by atoms with Gasteiger partial charge in [0.1, 0.15) is 11.4 Å². The maximum Gasteiger partial charge on any atom is 0.339 e. The lowest BCUT2D eigenvalue weighted by atomic mass is 10.1. The second kappa shape index (κ2) is 5.71. The van der Waals surface area contributed by atoms with Gasteiger partial charge in [-0.25, -0.2) is 9.78 Å². The number of hydrogen-bond donors (Lipinski definition) is 3. The van der Waals surface area contributed by atoms with Crippen LogP contribution in [0.1, 0.15) is 21.5 Å². The second-order valence-corrected chi connectivity index (χ2v) is 4.14. The highest BCUT2D eigenvalue weighted by atomic mass is 16.4. The number of rotatable bonds is 4. The lowest BCUT2D eigenvalue weighted by molar-refractivity contribution is 0.0697. The molecule has 20 heavy (non-hydrogen) atoms. The summed E-state index contributed by atoms with van der Waals surface area (Å²) >= 11 is 0. The summed E-state index contributed by atoms with van der Waals surface area (Å²) in [7, 11) is 0. The van der Waals surface area contributed by atoms with Crippen LogP contribution >= 0.6 is 0 Å². The Morgan fingerprint density at radius 2 is 2.25 bits per heavy atom. The van der Waals surface area contributed by atoms with Crippen molar-refractivity contribution < 1.29 is 9.90 Å². The highest BCUT2D eigenvalue weighted by Gasteiger charge is 2.11. The van der Waals surface area contributed by atoms with Crippen molar-refractivity contribution in [3.05, 3.63) is 53.2 Å². The molecule has 0 atom stereocenters. The van der Waals surface area contributed by atoms with E-state index >= 15 is 0 Å². The number of carbonyl (C=O) groups is 1. The van der Waals surface area contributed by atoms with Crippen molar-refractivity contribution in [3.8, 4) is 6.07 Å². The zero-order valence-corrected chi connectivity index (χ0v) is 10.5. The van der Waals surface area contributed by atoms with Gasteiger partial charge in [-0.3, -0.25) is 0 Å². The predicted molar refractivity (Wildman–Crippen MR) is 74.1 cm³/mol. The van der Waals surface area contributed by atoms with Gasteiger partial charge in [-0.15, -0.1) is 0 Å². The van der Waals surface area contributed by atoms with E-state index in [1.807, 2.05) is 12.1 Å². The maximum atomic E-state index is 11.1. The van der Waals surface area contributed by atoms with Crippen molar-refractivity contribution in [3.63, 3.8) is 0 Å². The topological polar surface area (TPSA) is 112 Å². The third-order valence-corrected chi connectivity index (χ3v) is 2.66. The number of carboxylic acid groups (broad SMARTS) is 1. The van der Waals surface area contributed by atoms with Gasteiger partial charge in [0.05, 0.1) is 23.5 Å². The van der Waals surface area contributed by atoms with Crippen LogP contribution < -0.4 is 11.1 Å². The van der Waals surface area contributed by atoms with Crippen molar-refractivity contribution >= 4 is 17.5 Å². The average Bonchev–Trinajstić information content (AvgIpc) is 2.46. The van der Waals surface area contributed by atoms with Gasteiger partial charge in [-0.2, -0.15) is 5.26 Å². The molecule has 0 aliphatic rings. The molecule has 0 saturated carbocycles. The van der Waals surface area contributed by atoms with Crippen LogP contribution in [0.5, 0.6) is 0 Å². The van der Waals surface area contributed by atoms with Crippen LogP contribution in [0, 0.1) is 11.3 Å². The van der Waals surface area contributed by atoms with Crippen molar-refractivity contribution in [1.82, 2.24) is 4.98 Å². The molecule has 2 rings (SSSR count). The molecule has 0 aliphatic carbocycles. The number of aromatic nitrogens is 1. The van der Waals surface area contributed by atoms with Gasteiger partial charge >= 0.3 is 5.97 Å². The number of nitrogens with zero attached hydrogens (tertiary/aromatic N) is 2. The molecule has 1 aromatic carbocycles. The van der Waals surface area contributed by atoms with Gasteiger partial charge in [-0.1, -0.05) is 12.1 Å². The van der Waals surface area contributed by atoms with Gasteiger partial charge < -0.3 is 16.2 Å². The number of nitrogens with one attached hydrogen (secondary N) is 1. The Kier molecular flexibility index (Phi) is 3.82. The highest BCUT2D eigenvalue weighted by molar-refractivity contribution is 5.94. The van der Waals surface area contributed by atoms with E-state index in [1.54, 1.807) is 18.2 Å². The fourth-order valence-corrected chi connectivity index (χ4v) is 1.72. The zero-order chi connectivity index (χ0) is 14.5. The molecule has 0 aliphatic heterocycles. The number of pyridine rings is 1. The Hall–Kier alpha value is -3.07. The lowest BCUT2D eigenvalue weighted by Crippen LogP contribution is -2.09. The minimum Gasteiger partial charge on any atom is -0.478 e. The smallest absolute Gasteiger partial charge is 0.339 e. The Morgan fingerprint density at radius 1 is 1.45 bits per heavy atom. The standard InChI is InChI=1S/C14H12N4O2/c15-6-9-2-1-3-10(4-9)7-17-13-12(14(19)20)5-11(16)8-18-13/h1-5,8H,7,16H2,(H,17,18)(H,19,20). The monoisotopic (exact) mass is 268 g/mol. The molecule has 1 aromatic heterocycles. The molecular weight excluding hydrogens is 256 g/mol. The lowest BCUT2D eigenvalue weighted by Gasteiger charge is -2.09. The first-order valence-electron chi connectivity index (χ1n) is 5.82. The maximum absolute atomic E-state index is 11.1. The highest BCUT2D eigenvalue weighted by Crippen LogP contribution is 2.16. The fourth-order valence-electron chi connectivity index (χ4n) is 1.72. The summed E-state index contributed by atoms with van der Waals surface area (Å²) in [6.45, 7) is 0.368. The molecular formula is C14H12N4O2. The summed E-state index contributed by atoms with van der Waals surface area (Å²) in [6, 6.07) is 10.4. The average molecular weight is 268 g/mol. The van der Waals surface area contributed by atoms with Crippen LogP contribution in [0.15, 0.2) is 36.5 Å². The Balaban J connectivity index is 2.19. The molecule has 0 bridgehead atoms. The summed E-state index contributed by atoms with van der Waals surface area (Å²) in [5.41, 5.74) is 7.24. The largest absolute Gasteiger partial charge is 0.478 e. The van der Waals surface area contributed by atoms with Gasteiger partial charge in [0.2, 0.25) is 0 Å². The van der Waals surface area contributed by atoms with Gasteiger partial charge in [0.15, 0.2) is 0 Å². The Labute approximate surface area is 115 Å². The summed E-state index contributed by atoms with van der Waals surface area (Å²) < 4.78 is 0. The molecule has 100 valence electrons. The number of hydrogen-bond acceptors (Lipinski definition) is 5. The molecule has 1 heterocycles. The summed E-state index contributed by atoms with van der Waals surface area (Å²) in [5, 5.41) is 20.8. The van der Waals surface area contributed by atoms with Gasteiger partial charge in [0, 0.05) is 6.54 Å². The molecule has 6 heteroatoms. The third kappa shape index (κ3) is 3.03. The number of aromatic carboxylic acids is 1. The van der Waals surface area contributed by atoms with Crippen LogP contribution in [0.2, 0.25) is 0 Å². The van der Waals surface area contributed by atoms with E-state index in [2.05, 4.69) is 10.3 Å². The van der Waals surface area contributed by atoms with Crippen LogP contribution in [0.25, 0.3) is 0 Å². The third-order valence-electron chi connectivity index (χ3n) is 2.66. The van der Waals surface area contributed by atoms with Crippen LogP contribution in [0.4, 0.5) is 11.5 Å². The van der Waals surface area contributed by atoms with E-state index in [-0.39, 0.29) is 11.4 Å². The minimum absolute atomic E-state index is 0.0152. The first-order chi connectivity index (χ1) is 9.60. The molecule has 2 aromatic rings. The van der Waals surface area contributed by atoms with Crippen molar-refractivity contribution in [2.24, 2.45) is 0 Å². The van der Waals surface area contributed by atoms with Crippen molar-refractivity contribution in [2.45, 2.75) is 6.54 Å². The van der Waals surface area contributed by atoms with E-state index in [0.717, 1.165) is 5.56 Å². The van der Waals surface area contributed by atoms with E-state index in [0.29, 0.717) is 17.8 Å². The van der Waals surface area contributed by atoms with E-state index in [1.165, 1.54) is 12.3 Å². The molecule has 0 unspecified atom stereocenters. The van der Waals surface area contributed by atoms with Gasteiger partial charge in [-0.05, 0) is 23.8 Å². The Morgan fingerprint density at radius 3 is 2.95 bits per heavy atom. The van der Waals surface area contributed by atoms with Crippen LogP contribution in [-0.4, -0.2) is 16.1 Å². The fraction of sp³-hybridized carbons (Fsp3) is 0.0714. The molecule has 4 N–H and O–H groups in total. The number of nitrogen functional groups attached to an aromatic ring is 1. The first kappa shape index (κ1) is 13.4.